The molecule has 0 saturated carbocycles. The second-order valence-corrected chi connectivity index (χ2v) is 5.15. The zero-order valence-corrected chi connectivity index (χ0v) is 12.5. The maximum atomic E-state index is 12.1. The molecule has 104 valence electrons. The molecule has 0 aliphatic rings. The normalized spacial score (nSPS) is 10.4. The summed E-state index contributed by atoms with van der Waals surface area (Å²) >= 11 is 5.05. The average Bonchev–Trinajstić information content (AvgIpc) is 2.27. The Morgan fingerprint density at radius 2 is 1.84 bits per heavy atom. The van der Waals surface area contributed by atoms with Crippen molar-refractivity contribution in [2.75, 3.05) is 0 Å². The fourth-order valence-electron chi connectivity index (χ4n) is 1.48. The predicted octanol–water partition coefficient (Wildman–Crippen LogP) is 2.49. The van der Waals surface area contributed by atoms with Gasteiger partial charge in [0, 0.05) is 6.04 Å². The van der Waals surface area contributed by atoms with Gasteiger partial charge in [0.05, 0.1) is 11.7 Å². The number of amides is 1. The SMILES string of the molecule is CC(C)NC(=S)NC(=O)c1ccccc1OC(C)C. The van der Waals surface area contributed by atoms with E-state index < -0.39 is 0 Å². The molecular weight excluding hydrogens is 260 g/mol. The van der Waals surface area contributed by atoms with Crippen LogP contribution in [0.5, 0.6) is 5.75 Å². The third-order valence-electron chi connectivity index (χ3n) is 2.14. The van der Waals surface area contributed by atoms with Gasteiger partial charge < -0.3 is 10.1 Å². The molecule has 0 aliphatic carbocycles. The van der Waals surface area contributed by atoms with Crippen LogP contribution in [0.1, 0.15) is 38.1 Å². The molecule has 0 aromatic heterocycles. The molecule has 0 aliphatic heterocycles. The Hall–Kier alpha value is -1.62. The first-order valence-corrected chi connectivity index (χ1v) is 6.68. The zero-order chi connectivity index (χ0) is 14.4. The van der Waals surface area contributed by atoms with Gasteiger partial charge in [0.15, 0.2) is 5.11 Å². The van der Waals surface area contributed by atoms with Gasteiger partial charge in [-0.25, -0.2) is 0 Å². The van der Waals surface area contributed by atoms with Gasteiger partial charge in [0.1, 0.15) is 5.75 Å². The molecule has 19 heavy (non-hydrogen) atoms. The summed E-state index contributed by atoms with van der Waals surface area (Å²) in [5, 5.41) is 5.92. The van der Waals surface area contributed by atoms with E-state index in [4.69, 9.17) is 17.0 Å². The molecule has 0 unspecified atom stereocenters. The van der Waals surface area contributed by atoms with E-state index in [1.807, 2.05) is 33.8 Å². The van der Waals surface area contributed by atoms with Crippen LogP contribution in [0.3, 0.4) is 0 Å². The summed E-state index contributed by atoms with van der Waals surface area (Å²) in [4.78, 5) is 12.1. The van der Waals surface area contributed by atoms with Gasteiger partial charge in [0.2, 0.25) is 0 Å². The molecule has 0 spiro atoms. The second kappa shape index (κ2) is 7.09. The van der Waals surface area contributed by atoms with Gasteiger partial charge in [0.25, 0.3) is 5.91 Å². The highest BCUT2D eigenvalue weighted by atomic mass is 32.1. The Morgan fingerprint density at radius 3 is 2.42 bits per heavy atom. The number of para-hydroxylation sites is 1. The number of nitrogens with one attached hydrogen (secondary N) is 2. The Bertz CT molecular complexity index is 459. The van der Waals surface area contributed by atoms with Gasteiger partial charge in [-0.3, -0.25) is 10.1 Å². The van der Waals surface area contributed by atoms with Crippen LogP contribution in [0.4, 0.5) is 0 Å². The topological polar surface area (TPSA) is 50.4 Å². The first-order chi connectivity index (χ1) is 8.90. The van der Waals surface area contributed by atoms with Gasteiger partial charge in [-0.15, -0.1) is 0 Å². The molecule has 0 radical (unpaired) electrons. The van der Waals surface area contributed by atoms with Crippen molar-refractivity contribution in [1.82, 2.24) is 10.6 Å². The van der Waals surface area contributed by atoms with Crippen LogP contribution in [0.15, 0.2) is 24.3 Å². The van der Waals surface area contributed by atoms with Gasteiger partial charge in [-0.1, -0.05) is 12.1 Å². The fraction of sp³-hybridized carbons (Fsp3) is 0.429. The second-order valence-electron chi connectivity index (χ2n) is 4.75. The lowest BCUT2D eigenvalue weighted by atomic mass is 10.2. The molecule has 0 atom stereocenters. The van der Waals surface area contributed by atoms with Crippen molar-refractivity contribution in [2.45, 2.75) is 39.8 Å². The quantitative estimate of drug-likeness (QED) is 0.832. The Morgan fingerprint density at radius 1 is 1.21 bits per heavy atom. The van der Waals surface area contributed by atoms with E-state index >= 15 is 0 Å². The summed E-state index contributed by atoms with van der Waals surface area (Å²) in [5.74, 6) is 0.289. The molecule has 1 aromatic rings. The maximum absolute atomic E-state index is 12.1. The molecular formula is C14H20N2O2S. The van der Waals surface area contributed by atoms with E-state index in [0.29, 0.717) is 16.4 Å². The first kappa shape index (κ1) is 15.4. The van der Waals surface area contributed by atoms with E-state index in [1.54, 1.807) is 18.2 Å². The molecule has 5 heteroatoms. The van der Waals surface area contributed by atoms with Crippen LogP contribution >= 0.6 is 12.2 Å². The fourth-order valence-corrected chi connectivity index (χ4v) is 1.81. The van der Waals surface area contributed by atoms with Crippen molar-refractivity contribution >= 4 is 23.2 Å². The minimum Gasteiger partial charge on any atom is -0.490 e. The number of hydrogen-bond donors (Lipinski definition) is 2. The highest BCUT2D eigenvalue weighted by Gasteiger charge is 2.14. The van der Waals surface area contributed by atoms with Crippen molar-refractivity contribution in [2.24, 2.45) is 0 Å². The standard InChI is InChI=1S/C14H20N2O2S/c1-9(2)15-14(19)16-13(17)11-7-5-6-8-12(11)18-10(3)4/h5-10H,1-4H3,(H2,15,16,17,19). The predicted molar refractivity (Wildman–Crippen MR) is 80.5 cm³/mol. The minimum atomic E-state index is -0.269. The summed E-state index contributed by atoms with van der Waals surface area (Å²) in [6, 6.07) is 7.29. The lowest BCUT2D eigenvalue weighted by molar-refractivity contribution is 0.0971. The molecule has 1 rings (SSSR count). The van der Waals surface area contributed by atoms with Crippen LogP contribution < -0.4 is 15.4 Å². The number of carbonyl (C=O) groups excluding carboxylic acids is 1. The van der Waals surface area contributed by atoms with Crippen molar-refractivity contribution < 1.29 is 9.53 Å². The van der Waals surface area contributed by atoms with Crippen molar-refractivity contribution in [3.8, 4) is 5.75 Å². The molecule has 0 heterocycles. The van der Waals surface area contributed by atoms with Gasteiger partial charge >= 0.3 is 0 Å². The van der Waals surface area contributed by atoms with Crippen molar-refractivity contribution in [1.29, 1.82) is 0 Å². The average molecular weight is 280 g/mol. The zero-order valence-electron chi connectivity index (χ0n) is 11.7. The molecule has 0 saturated heterocycles. The van der Waals surface area contributed by atoms with E-state index in [1.165, 1.54) is 0 Å². The van der Waals surface area contributed by atoms with E-state index in [9.17, 15) is 4.79 Å². The molecule has 1 aromatic carbocycles. The van der Waals surface area contributed by atoms with Gasteiger partial charge in [-0.05, 0) is 52.0 Å². The van der Waals surface area contributed by atoms with E-state index in [-0.39, 0.29) is 18.1 Å². The number of thiocarbonyl (C=S) groups is 1. The molecule has 0 bridgehead atoms. The molecule has 1 amide bonds. The Kier molecular flexibility index (Phi) is 5.76. The summed E-state index contributed by atoms with van der Waals surface area (Å²) in [6.07, 6.45) is 0.00897. The number of benzene rings is 1. The number of rotatable bonds is 4. The summed E-state index contributed by atoms with van der Waals surface area (Å²) in [6.45, 7) is 7.74. The number of carbonyl (C=O) groups is 1. The van der Waals surface area contributed by atoms with Crippen LogP contribution in [-0.2, 0) is 0 Å². The number of ether oxygens (including phenoxy) is 1. The summed E-state index contributed by atoms with van der Waals surface area (Å²) in [5.41, 5.74) is 0.476. The molecule has 2 N–H and O–H groups in total. The van der Waals surface area contributed by atoms with Crippen molar-refractivity contribution in [3.05, 3.63) is 29.8 Å². The summed E-state index contributed by atoms with van der Waals surface area (Å²) < 4.78 is 5.60. The third-order valence-corrected chi connectivity index (χ3v) is 2.36. The van der Waals surface area contributed by atoms with Crippen LogP contribution in [0.2, 0.25) is 0 Å². The van der Waals surface area contributed by atoms with Crippen LogP contribution in [0, 0.1) is 0 Å². The van der Waals surface area contributed by atoms with Gasteiger partial charge in [-0.2, -0.15) is 0 Å². The minimum absolute atomic E-state index is 0.00897. The smallest absolute Gasteiger partial charge is 0.261 e. The van der Waals surface area contributed by atoms with E-state index in [0.717, 1.165) is 0 Å². The third kappa shape index (κ3) is 5.26. The maximum Gasteiger partial charge on any atom is 0.261 e. The number of hydrogen-bond acceptors (Lipinski definition) is 3. The van der Waals surface area contributed by atoms with E-state index in [2.05, 4.69) is 10.6 Å². The summed E-state index contributed by atoms with van der Waals surface area (Å²) in [7, 11) is 0. The molecule has 0 fully saturated rings. The van der Waals surface area contributed by atoms with Crippen molar-refractivity contribution in [3.63, 3.8) is 0 Å². The van der Waals surface area contributed by atoms with Crippen LogP contribution in [-0.4, -0.2) is 23.2 Å². The first-order valence-electron chi connectivity index (χ1n) is 6.27. The Labute approximate surface area is 119 Å². The highest BCUT2D eigenvalue weighted by molar-refractivity contribution is 7.80. The largest absolute Gasteiger partial charge is 0.490 e. The lowest BCUT2D eigenvalue weighted by Crippen LogP contribution is -2.42. The Balaban J connectivity index is 2.79. The monoisotopic (exact) mass is 280 g/mol. The highest BCUT2D eigenvalue weighted by Crippen LogP contribution is 2.19. The van der Waals surface area contributed by atoms with Crippen LogP contribution in [0.25, 0.3) is 0 Å². The molecule has 4 nitrogen and oxygen atoms in total. The lowest BCUT2D eigenvalue weighted by Gasteiger charge is -2.15.